The molecule has 0 rings (SSSR count). The number of ketones is 1. The molecule has 3 heteroatoms. The highest BCUT2D eigenvalue weighted by Crippen LogP contribution is 2.09. The van der Waals surface area contributed by atoms with Gasteiger partial charge in [0.2, 0.25) is 12.0 Å². The van der Waals surface area contributed by atoms with Crippen molar-refractivity contribution in [2.75, 3.05) is 14.1 Å². The summed E-state index contributed by atoms with van der Waals surface area (Å²) < 4.78 is 1.70. The zero-order valence-corrected chi connectivity index (χ0v) is 9.78. The van der Waals surface area contributed by atoms with Crippen molar-refractivity contribution in [3.8, 4) is 0 Å². The SMILES string of the molecule is CC=CC(CC(=O)C=[N+](C)C)=C(C)C=O. The fourth-order valence-corrected chi connectivity index (χ4v) is 1.13. The van der Waals surface area contributed by atoms with Gasteiger partial charge >= 0.3 is 0 Å². The van der Waals surface area contributed by atoms with Crippen LogP contribution in [0.1, 0.15) is 20.3 Å². The average molecular weight is 208 g/mol. The summed E-state index contributed by atoms with van der Waals surface area (Å²) >= 11 is 0. The number of allylic oxidation sites excluding steroid dienone is 4. The van der Waals surface area contributed by atoms with Crippen LogP contribution in [0.15, 0.2) is 23.3 Å². The van der Waals surface area contributed by atoms with E-state index in [1.54, 1.807) is 31.7 Å². The van der Waals surface area contributed by atoms with Crippen molar-refractivity contribution in [1.82, 2.24) is 0 Å². The van der Waals surface area contributed by atoms with Gasteiger partial charge in [-0.3, -0.25) is 9.59 Å². The maximum atomic E-state index is 11.5. The molecule has 0 fully saturated rings. The van der Waals surface area contributed by atoms with Gasteiger partial charge in [0.05, 0.1) is 0 Å². The van der Waals surface area contributed by atoms with Crippen molar-refractivity contribution in [1.29, 1.82) is 0 Å². The fraction of sp³-hybridized carbons (Fsp3) is 0.417. The molecule has 82 valence electrons. The normalized spacial score (nSPS) is 12.3. The third-order valence-electron chi connectivity index (χ3n) is 1.82. The molecule has 0 aliphatic rings. The Bertz CT molecular complexity index is 332. The molecule has 0 saturated heterocycles. The van der Waals surface area contributed by atoms with Crippen LogP contribution in [-0.2, 0) is 9.59 Å². The van der Waals surface area contributed by atoms with E-state index in [-0.39, 0.29) is 12.2 Å². The second-order valence-electron chi connectivity index (χ2n) is 3.56. The monoisotopic (exact) mass is 208 g/mol. The molecule has 0 bridgehead atoms. The molecule has 0 atom stereocenters. The Kier molecular flexibility index (Phi) is 6.18. The number of Topliss-reactive ketones (excluding diaryl/α,β-unsaturated/α-hetero) is 1. The van der Waals surface area contributed by atoms with Gasteiger partial charge in [-0.15, -0.1) is 0 Å². The molecule has 0 amide bonds. The van der Waals surface area contributed by atoms with E-state index < -0.39 is 0 Å². The van der Waals surface area contributed by atoms with E-state index in [1.165, 1.54) is 6.21 Å². The molecule has 0 saturated carbocycles. The van der Waals surface area contributed by atoms with Crippen molar-refractivity contribution in [2.24, 2.45) is 0 Å². The van der Waals surface area contributed by atoms with Crippen LogP contribution < -0.4 is 0 Å². The van der Waals surface area contributed by atoms with Gasteiger partial charge in [-0.05, 0) is 25.0 Å². The van der Waals surface area contributed by atoms with Gasteiger partial charge in [-0.1, -0.05) is 12.2 Å². The van der Waals surface area contributed by atoms with Gasteiger partial charge in [0, 0.05) is 6.42 Å². The van der Waals surface area contributed by atoms with Crippen LogP contribution in [0, 0.1) is 0 Å². The van der Waals surface area contributed by atoms with Crippen LogP contribution in [-0.4, -0.2) is 37.0 Å². The molecule has 0 aliphatic heterocycles. The van der Waals surface area contributed by atoms with E-state index in [0.29, 0.717) is 5.57 Å². The first-order chi connectivity index (χ1) is 7.01. The zero-order valence-electron chi connectivity index (χ0n) is 9.78. The minimum Gasteiger partial charge on any atom is -0.298 e. The highest BCUT2D eigenvalue weighted by molar-refractivity contribution is 6.26. The largest absolute Gasteiger partial charge is 0.298 e. The van der Waals surface area contributed by atoms with Gasteiger partial charge in [0.25, 0.3) is 0 Å². The molecule has 0 heterocycles. The maximum absolute atomic E-state index is 11.5. The molecule has 3 nitrogen and oxygen atoms in total. The minimum atomic E-state index is -0.00528. The van der Waals surface area contributed by atoms with E-state index >= 15 is 0 Å². The lowest BCUT2D eigenvalue weighted by molar-refractivity contribution is -0.458. The van der Waals surface area contributed by atoms with Crippen LogP contribution in [0.2, 0.25) is 0 Å². The molecular weight excluding hydrogens is 190 g/mol. The standard InChI is InChI=1S/C12H18NO2/c1-5-6-11(10(2)9-14)7-12(15)8-13(3)4/h5-6,8-9H,7H2,1-4H3/q+1. The summed E-state index contributed by atoms with van der Waals surface area (Å²) in [7, 11) is 3.59. The third kappa shape index (κ3) is 5.73. The first kappa shape index (κ1) is 13.5. The lowest BCUT2D eigenvalue weighted by atomic mass is 10.0. The maximum Gasteiger partial charge on any atom is 0.222 e. The number of carbonyl (C=O) groups excluding carboxylic acids is 2. The smallest absolute Gasteiger partial charge is 0.222 e. The molecule has 0 aliphatic carbocycles. The third-order valence-corrected chi connectivity index (χ3v) is 1.82. The Morgan fingerprint density at radius 2 is 1.93 bits per heavy atom. The van der Waals surface area contributed by atoms with Crippen LogP contribution in [0.5, 0.6) is 0 Å². The second kappa shape index (κ2) is 6.87. The van der Waals surface area contributed by atoms with Gasteiger partial charge in [-0.2, -0.15) is 0 Å². The number of nitrogens with zero attached hydrogens (tertiary/aromatic N) is 1. The van der Waals surface area contributed by atoms with Gasteiger partial charge in [-0.25, -0.2) is 4.58 Å². The molecule has 0 radical (unpaired) electrons. The van der Waals surface area contributed by atoms with Crippen molar-refractivity contribution in [3.05, 3.63) is 23.3 Å². The summed E-state index contributed by atoms with van der Waals surface area (Å²) in [6, 6.07) is 0. The molecule has 0 unspecified atom stereocenters. The van der Waals surface area contributed by atoms with E-state index in [0.717, 1.165) is 11.9 Å². The van der Waals surface area contributed by atoms with E-state index in [2.05, 4.69) is 0 Å². The van der Waals surface area contributed by atoms with Gasteiger partial charge in [0.15, 0.2) is 0 Å². The van der Waals surface area contributed by atoms with Crippen LogP contribution >= 0.6 is 0 Å². The second-order valence-corrected chi connectivity index (χ2v) is 3.56. The Morgan fingerprint density at radius 1 is 1.33 bits per heavy atom. The van der Waals surface area contributed by atoms with E-state index in [4.69, 9.17) is 0 Å². The van der Waals surface area contributed by atoms with Crippen LogP contribution in [0.3, 0.4) is 0 Å². The quantitative estimate of drug-likeness (QED) is 0.225. The summed E-state index contributed by atoms with van der Waals surface area (Å²) in [4.78, 5) is 22.1. The summed E-state index contributed by atoms with van der Waals surface area (Å²) in [5, 5.41) is 0. The topological polar surface area (TPSA) is 37.1 Å². The summed E-state index contributed by atoms with van der Waals surface area (Å²) in [5.74, 6) is -0.00528. The fourth-order valence-electron chi connectivity index (χ4n) is 1.13. The molecule has 0 spiro atoms. The lowest BCUT2D eigenvalue weighted by Crippen LogP contribution is -2.10. The Labute approximate surface area is 90.8 Å². The Balaban J connectivity index is 4.80. The van der Waals surface area contributed by atoms with Crippen molar-refractivity contribution < 1.29 is 14.2 Å². The molecule has 0 N–H and O–H groups in total. The van der Waals surface area contributed by atoms with Crippen LogP contribution in [0.25, 0.3) is 0 Å². The number of hydrogen-bond donors (Lipinski definition) is 0. The minimum absolute atomic E-state index is 0.00528. The number of hydrogen-bond acceptors (Lipinski definition) is 2. The van der Waals surface area contributed by atoms with Crippen molar-refractivity contribution in [3.63, 3.8) is 0 Å². The highest BCUT2D eigenvalue weighted by atomic mass is 16.1. The lowest BCUT2D eigenvalue weighted by Gasteiger charge is -1.99. The predicted molar refractivity (Wildman–Crippen MR) is 61.4 cm³/mol. The zero-order chi connectivity index (χ0) is 11.8. The summed E-state index contributed by atoms with van der Waals surface area (Å²) in [6.07, 6.45) is 6.18. The van der Waals surface area contributed by atoms with Gasteiger partial charge < -0.3 is 0 Å². The van der Waals surface area contributed by atoms with Gasteiger partial charge in [0.1, 0.15) is 20.4 Å². The predicted octanol–water partition coefficient (Wildman–Crippen LogP) is 1.38. The molecule has 0 aromatic heterocycles. The Morgan fingerprint density at radius 3 is 2.33 bits per heavy atom. The summed E-state index contributed by atoms with van der Waals surface area (Å²) in [6.45, 7) is 3.57. The molecular formula is C12H18NO2+. The average Bonchev–Trinajstić information content (AvgIpc) is 2.14. The molecule has 0 aromatic rings. The number of aldehydes is 1. The highest BCUT2D eigenvalue weighted by Gasteiger charge is 2.07. The van der Waals surface area contributed by atoms with Crippen molar-refractivity contribution in [2.45, 2.75) is 20.3 Å². The molecule has 15 heavy (non-hydrogen) atoms. The van der Waals surface area contributed by atoms with Crippen LogP contribution in [0.4, 0.5) is 0 Å². The summed E-state index contributed by atoms with van der Waals surface area (Å²) in [5.41, 5.74) is 1.38. The Hall–Kier alpha value is -1.51. The first-order valence-corrected chi connectivity index (χ1v) is 4.83. The first-order valence-electron chi connectivity index (χ1n) is 4.83. The van der Waals surface area contributed by atoms with Crippen molar-refractivity contribution >= 4 is 18.3 Å². The van der Waals surface area contributed by atoms with E-state index in [1.807, 2.05) is 13.0 Å². The number of rotatable bonds is 5. The molecule has 0 aromatic carbocycles. The van der Waals surface area contributed by atoms with E-state index in [9.17, 15) is 9.59 Å². The number of carbonyl (C=O) groups is 2.